The smallest absolute Gasteiger partial charge is 0.282 e. The van der Waals surface area contributed by atoms with Crippen molar-refractivity contribution in [3.8, 4) is 11.3 Å². The van der Waals surface area contributed by atoms with Crippen LogP contribution in [0.3, 0.4) is 0 Å². The maximum atomic E-state index is 13.8. The van der Waals surface area contributed by atoms with Crippen LogP contribution in [0.1, 0.15) is 24.4 Å². The van der Waals surface area contributed by atoms with Gasteiger partial charge in [-0.15, -0.1) is 0 Å². The first-order chi connectivity index (χ1) is 13.6. The van der Waals surface area contributed by atoms with E-state index < -0.39 is 10.2 Å². The number of hydrogen-bond acceptors (Lipinski definition) is 4. The van der Waals surface area contributed by atoms with Gasteiger partial charge in [0.25, 0.3) is 10.2 Å². The number of fused-ring (bicyclic) bond motifs is 3. The Morgan fingerprint density at radius 1 is 1.07 bits per heavy atom. The summed E-state index contributed by atoms with van der Waals surface area (Å²) in [5.41, 5.74) is 2.93. The summed E-state index contributed by atoms with van der Waals surface area (Å²) in [6.45, 7) is 2.75. The molecule has 28 heavy (non-hydrogen) atoms. The van der Waals surface area contributed by atoms with Crippen LogP contribution in [0.15, 0.2) is 30.7 Å². The molecular formula is C19H23FN4O3S. The number of imidazole rings is 1. The highest BCUT2D eigenvalue weighted by Gasteiger charge is 2.39. The summed E-state index contributed by atoms with van der Waals surface area (Å²) in [4.78, 5) is 4.25. The first kappa shape index (κ1) is 18.2. The van der Waals surface area contributed by atoms with Gasteiger partial charge in [0.15, 0.2) is 0 Å². The van der Waals surface area contributed by atoms with Crippen LogP contribution in [-0.4, -0.2) is 66.0 Å². The molecule has 9 heteroatoms. The van der Waals surface area contributed by atoms with Crippen LogP contribution in [0.4, 0.5) is 4.39 Å². The Morgan fingerprint density at radius 3 is 2.54 bits per heavy atom. The summed E-state index contributed by atoms with van der Waals surface area (Å²) in [5, 5.41) is 0. The van der Waals surface area contributed by atoms with Crippen molar-refractivity contribution >= 4 is 10.2 Å². The average molecular weight is 406 g/mol. The Kier molecular flexibility index (Phi) is 4.50. The molecule has 0 spiro atoms. The van der Waals surface area contributed by atoms with Gasteiger partial charge in [0.2, 0.25) is 0 Å². The van der Waals surface area contributed by atoms with Crippen LogP contribution in [0.2, 0.25) is 0 Å². The van der Waals surface area contributed by atoms with Crippen LogP contribution >= 0.6 is 0 Å². The average Bonchev–Trinajstić information content (AvgIpc) is 3.30. The fraction of sp³-hybridized carbons (Fsp3) is 0.526. The lowest BCUT2D eigenvalue weighted by Gasteiger charge is -2.38. The molecule has 0 radical (unpaired) electrons. The van der Waals surface area contributed by atoms with Gasteiger partial charge < -0.3 is 9.30 Å². The number of rotatable bonds is 3. The standard InChI is InChI=1S/C19H23FN4O3S/c20-15-1-2-16-17(11-15)18-12-21-13-24(18)19(16)14-3-5-22(6-4-14)28(25,26)23-7-9-27-10-8-23/h1-2,11-14,19H,3-10H2. The lowest BCUT2D eigenvalue weighted by molar-refractivity contribution is 0.0690. The van der Waals surface area contributed by atoms with Crippen molar-refractivity contribution in [2.45, 2.75) is 18.9 Å². The predicted octanol–water partition coefficient (Wildman–Crippen LogP) is 1.88. The molecule has 3 aliphatic rings. The number of halogens is 1. The predicted molar refractivity (Wildman–Crippen MR) is 101 cm³/mol. The van der Waals surface area contributed by atoms with Crippen molar-refractivity contribution in [3.05, 3.63) is 42.1 Å². The normalized spacial score (nSPS) is 24.2. The molecule has 0 aliphatic carbocycles. The number of hydrogen-bond donors (Lipinski definition) is 0. The topological polar surface area (TPSA) is 67.7 Å². The molecule has 1 aromatic carbocycles. The molecule has 1 atom stereocenters. The van der Waals surface area contributed by atoms with Crippen LogP contribution in [0.25, 0.3) is 11.3 Å². The fourth-order valence-electron chi connectivity index (χ4n) is 4.74. The van der Waals surface area contributed by atoms with E-state index >= 15 is 0 Å². The molecular weight excluding hydrogens is 383 g/mol. The molecule has 1 unspecified atom stereocenters. The first-order valence-electron chi connectivity index (χ1n) is 9.70. The van der Waals surface area contributed by atoms with E-state index in [1.165, 1.54) is 10.4 Å². The summed E-state index contributed by atoms with van der Waals surface area (Å²) < 4.78 is 50.1. The summed E-state index contributed by atoms with van der Waals surface area (Å²) >= 11 is 0. The van der Waals surface area contributed by atoms with Crippen LogP contribution in [0, 0.1) is 11.7 Å². The molecule has 5 rings (SSSR count). The van der Waals surface area contributed by atoms with E-state index in [0.717, 1.165) is 29.7 Å². The van der Waals surface area contributed by atoms with Crippen molar-refractivity contribution < 1.29 is 17.5 Å². The second-order valence-corrected chi connectivity index (χ2v) is 9.55. The third kappa shape index (κ3) is 2.88. The number of piperidine rings is 1. The van der Waals surface area contributed by atoms with Crippen molar-refractivity contribution in [1.82, 2.24) is 18.2 Å². The van der Waals surface area contributed by atoms with Gasteiger partial charge in [-0.05, 0) is 36.5 Å². The van der Waals surface area contributed by atoms with E-state index in [1.54, 1.807) is 22.9 Å². The zero-order chi connectivity index (χ0) is 19.3. The third-order valence-electron chi connectivity index (χ3n) is 6.14. The molecule has 0 bridgehead atoms. The van der Waals surface area contributed by atoms with E-state index in [2.05, 4.69) is 9.55 Å². The van der Waals surface area contributed by atoms with Gasteiger partial charge in [-0.25, -0.2) is 9.37 Å². The number of morpholine rings is 1. The molecule has 2 aromatic rings. The summed E-state index contributed by atoms with van der Waals surface area (Å²) in [7, 11) is -3.43. The second kappa shape index (κ2) is 6.91. The maximum Gasteiger partial charge on any atom is 0.282 e. The van der Waals surface area contributed by atoms with Crippen molar-refractivity contribution in [2.24, 2.45) is 5.92 Å². The van der Waals surface area contributed by atoms with E-state index in [9.17, 15) is 12.8 Å². The Balaban J connectivity index is 1.35. The minimum atomic E-state index is -3.43. The lowest BCUT2D eigenvalue weighted by Crippen LogP contribution is -2.51. The SMILES string of the molecule is O=S(=O)(N1CCOCC1)N1CCC(C2c3ccc(F)cc3-c3cncn32)CC1. The first-order valence-corrected chi connectivity index (χ1v) is 11.1. The summed E-state index contributed by atoms with van der Waals surface area (Å²) in [6.07, 6.45) is 5.11. The lowest BCUT2D eigenvalue weighted by atomic mass is 9.86. The van der Waals surface area contributed by atoms with Gasteiger partial charge in [0, 0.05) is 31.7 Å². The highest BCUT2D eigenvalue weighted by atomic mass is 32.2. The summed E-state index contributed by atoms with van der Waals surface area (Å²) in [5.74, 6) is 0.0365. The minimum absolute atomic E-state index is 0.0846. The monoisotopic (exact) mass is 406 g/mol. The zero-order valence-electron chi connectivity index (χ0n) is 15.5. The summed E-state index contributed by atoms with van der Waals surface area (Å²) in [6, 6.07) is 5.02. The largest absolute Gasteiger partial charge is 0.379 e. The third-order valence-corrected chi connectivity index (χ3v) is 8.18. The highest BCUT2D eigenvalue weighted by Crippen LogP contribution is 2.46. The molecule has 1 aromatic heterocycles. The van der Waals surface area contributed by atoms with Gasteiger partial charge in [0.1, 0.15) is 5.82 Å². The molecule has 0 N–H and O–H groups in total. The van der Waals surface area contributed by atoms with Crippen LogP contribution < -0.4 is 0 Å². The Labute approximate surface area is 163 Å². The van der Waals surface area contributed by atoms with E-state index in [4.69, 9.17) is 4.74 Å². The van der Waals surface area contributed by atoms with Crippen molar-refractivity contribution in [2.75, 3.05) is 39.4 Å². The van der Waals surface area contributed by atoms with Crippen LogP contribution in [-0.2, 0) is 14.9 Å². The van der Waals surface area contributed by atoms with Crippen LogP contribution in [0.5, 0.6) is 0 Å². The number of aromatic nitrogens is 2. The quantitative estimate of drug-likeness (QED) is 0.781. The maximum absolute atomic E-state index is 13.8. The molecule has 7 nitrogen and oxygen atoms in total. The van der Waals surface area contributed by atoms with Crippen molar-refractivity contribution in [1.29, 1.82) is 0 Å². The van der Waals surface area contributed by atoms with E-state index in [0.29, 0.717) is 39.4 Å². The van der Waals surface area contributed by atoms with Gasteiger partial charge in [0.05, 0.1) is 37.5 Å². The van der Waals surface area contributed by atoms with Crippen molar-refractivity contribution in [3.63, 3.8) is 0 Å². The van der Waals surface area contributed by atoms with Gasteiger partial charge in [-0.2, -0.15) is 17.0 Å². The molecule has 2 saturated heterocycles. The molecule has 0 amide bonds. The Hall–Kier alpha value is -1.81. The molecule has 3 aliphatic heterocycles. The van der Waals surface area contributed by atoms with Gasteiger partial charge in [-0.3, -0.25) is 0 Å². The Bertz CT molecular complexity index is 979. The fourth-order valence-corrected chi connectivity index (χ4v) is 6.35. The second-order valence-electron chi connectivity index (χ2n) is 7.62. The Morgan fingerprint density at radius 2 is 1.79 bits per heavy atom. The molecule has 2 fully saturated rings. The molecule has 4 heterocycles. The molecule has 150 valence electrons. The van der Waals surface area contributed by atoms with E-state index in [1.807, 2.05) is 6.07 Å². The molecule has 0 saturated carbocycles. The van der Waals surface area contributed by atoms with Gasteiger partial charge in [-0.1, -0.05) is 6.07 Å². The number of ether oxygens (including phenoxy) is 1. The number of nitrogens with zero attached hydrogens (tertiary/aromatic N) is 4. The van der Waals surface area contributed by atoms with E-state index in [-0.39, 0.29) is 17.8 Å². The van der Waals surface area contributed by atoms with Gasteiger partial charge >= 0.3 is 0 Å². The number of benzene rings is 1. The zero-order valence-corrected chi connectivity index (χ0v) is 16.3. The minimum Gasteiger partial charge on any atom is -0.379 e. The highest BCUT2D eigenvalue weighted by molar-refractivity contribution is 7.86.